The van der Waals surface area contributed by atoms with Crippen molar-refractivity contribution < 1.29 is 14.3 Å². The van der Waals surface area contributed by atoms with Gasteiger partial charge in [0.05, 0.1) is 16.6 Å². The van der Waals surface area contributed by atoms with Crippen LogP contribution >= 0.6 is 0 Å². The SMILES string of the molecule is CCN(CC)C1CN(c2cc3nc4c(cc3cc2F)c(=O)c(C(=O)O)cn4C)C1. The molecule has 152 valence electrons. The number of pyridine rings is 2. The number of likely N-dealkylation sites (N-methyl/N-ethyl adjacent to an activating group) is 1. The molecule has 8 heteroatoms. The predicted octanol–water partition coefficient (Wildman–Crippen LogP) is 2.45. The molecule has 29 heavy (non-hydrogen) atoms. The average molecular weight is 398 g/mol. The first-order chi connectivity index (χ1) is 13.8. The van der Waals surface area contributed by atoms with E-state index in [2.05, 4.69) is 23.7 Å². The van der Waals surface area contributed by atoms with E-state index in [0.29, 0.717) is 28.3 Å². The fraction of sp³-hybridized carbons (Fsp3) is 0.381. The van der Waals surface area contributed by atoms with Gasteiger partial charge in [-0.15, -0.1) is 0 Å². The van der Waals surface area contributed by atoms with E-state index in [9.17, 15) is 19.1 Å². The molecular formula is C21H23FN4O3. The van der Waals surface area contributed by atoms with E-state index in [4.69, 9.17) is 0 Å². The summed E-state index contributed by atoms with van der Waals surface area (Å²) in [6, 6.07) is 5.01. The minimum atomic E-state index is -1.30. The smallest absolute Gasteiger partial charge is 0.341 e. The molecule has 0 saturated carbocycles. The van der Waals surface area contributed by atoms with Crippen molar-refractivity contribution in [1.29, 1.82) is 0 Å². The lowest BCUT2D eigenvalue weighted by atomic mass is 10.0. The maximum atomic E-state index is 14.8. The average Bonchev–Trinajstić information content (AvgIpc) is 2.65. The molecule has 1 N–H and O–H groups in total. The van der Waals surface area contributed by atoms with Gasteiger partial charge in [-0.05, 0) is 31.3 Å². The zero-order valence-electron chi connectivity index (χ0n) is 16.6. The molecule has 1 aliphatic rings. The predicted molar refractivity (Wildman–Crippen MR) is 110 cm³/mol. The van der Waals surface area contributed by atoms with Crippen LogP contribution in [-0.2, 0) is 7.05 Å². The van der Waals surface area contributed by atoms with E-state index >= 15 is 0 Å². The van der Waals surface area contributed by atoms with Gasteiger partial charge in [0.25, 0.3) is 0 Å². The van der Waals surface area contributed by atoms with Crippen LogP contribution in [0, 0.1) is 5.82 Å². The van der Waals surface area contributed by atoms with Crippen molar-refractivity contribution in [2.24, 2.45) is 7.05 Å². The number of anilines is 1. The first-order valence-corrected chi connectivity index (χ1v) is 9.70. The fourth-order valence-corrected chi connectivity index (χ4v) is 4.09. The Kier molecular flexibility index (Phi) is 4.74. The van der Waals surface area contributed by atoms with Gasteiger partial charge in [-0.25, -0.2) is 14.2 Å². The fourth-order valence-electron chi connectivity index (χ4n) is 4.09. The number of hydrogen-bond acceptors (Lipinski definition) is 5. The van der Waals surface area contributed by atoms with Gasteiger partial charge in [-0.1, -0.05) is 13.8 Å². The summed E-state index contributed by atoms with van der Waals surface area (Å²) in [4.78, 5) is 32.7. The molecule has 3 aromatic rings. The van der Waals surface area contributed by atoms with Gasteiger partial charge in [0, 0.05) is 37.8 Å². The van der Waals surface area contributed by atoms with Crippen molar-refractivity contribution in [1.82, 2.24) is 14.5 Å². The Morgan fingerprint density at radius 2 is 1.97 bits per heavy atom. The molecule has 1 aliphatic heterocycles. The van der Waals surface area contributed by atoms with Crippen LogP contribution in [0.1, 0.15) is 24.2 Å². The Bertz CT molecular complexity index is 1180. The third-order valence-corrected chi connectivity index (χ3v) is 5.77. The summed E-state index contributed by atoms with van der Waals surface area (Å²) in [6.45, 7) is 7.70. The van der Waals surface area contributed by atoms with Crippen LogP contribution in [0.15, 0.2) is 29.2 Å². The van der Waals surface area contributed by atoms with Crippen molar-refractivity contribution in [3.63, 3.8) is 0 Å². The summed E-state index contributed by atoms with van der Waals surface area (Å²) >= 11 is 0. The number of carbonyl (C=O) groups is 1. The molecule has 4 rings (SSSR count). The zero-order valence-corrected chi connectivity index (χ0v) is 16.6. The third kappa shape index (κ3) is 3.13. The van der Waals surface area contributed by atoms with Crippen molar-refractivity contribution >= 4 is 33.6 Å². The van der Waals surface area contributed by atoms with E-state index in [0.717, 1.165) is 26.2 Å². The van der Waals surface area contributed by atoms with E-state index in [1.54, 1.807) is 13.1 Å². The Balaban J connectivity index is 1.78. The first kappa shape index (κ1) is 19.3. The van der Waals surface area contributed by atoms with Gasteiger partial charge in [0.2, 0.25) is 5.43 Å². The molecule has 0 atom stereocenters. The lowest BCUT2D eigenvalue weighted by Gasteiger charge is -2.46. The highest BCUT2D eigenvalue weighted by molar-refractivity contribution is 5.96. The zero-order chi connectivity index (χ0) is 20.9. The standard InChI is InChI=1S/C21H23FN4O3/c1-4-25(5-2)13-9-26(10-13)18-8-17-12(7-16(18)22)6-14-19(27)15(21(28)29)11-24(3)20(14)23-17/h6-8,11,13H,4-5,9-10H2,1-3H3,(H,28,29). The van der Waals surface area contributed by atoms with Crippen LogP contribution in [-0.4, -0.2) is 57.7 Å². The summed E-state index contributed by atoms with van der Waals surface area (Å²) in [6.07, 6.45) is 1.26. The number of aromatic carboxylic acids is 1. The molecule has 3 heterocycles. The number of rotatable bonds is 5. The molecule has 0 amide bonds. The topological polar surface area (TPSA) is 78.7 Å². The number of benzene rings is 1. The highest BCUT2D eigenvalue weighted by atomic mass is 19.1. The van der Waals surface area contributed by atoms with Crippen molar-refractivity contribution in [2.75, 3.05) is 31.1 Å². The summed E-state index contributed by atoms with van der Waals surface area (Å²) in [7, 11) is 1.64. The quantitative estimate of drug-likeness (QED) is 0.665. The Labute approximate surface area is 167 Å². The van der Waals surface area contributed by atoms with Gasteiger partial charge >= 0.3 is 5.97 Å². The van der Waals surface area contributed by atoms with Crippen LogP contribution in [0.5, 0.6) is 0 Å². The summed E-state index contributed by atoms with van der Waals surface area (Å²) < 4.78 is 16.3. The van der Waals surface area contributed by atoms with Crippen LogP contribution in [0.2, 0.25) is 0 Å². The van der Waals surface area contributed by atoms with E-state index in [1.807, 2.05) is 4.90 Å². The van der Waals surface area contributed by atoms with Crippen LogP contribution < -0.4 is 10.3 Å². The molecule has 0 aliphatic carbocycles. The first-order valence-electron chi connectivity index (χ1n) is 9.70. The number of nitrogens with zero attached hydrogens (tertiary/aromatic N) is 4. The van der Waals surface area contributed by atoms with Crippen LogP contribution in [0.25, 0.3) is 21.9 Å². The van der Waals surface area contributed by atoms with Crippen molar-refractivity contribution in [3.8, 4) is 0 Å². The molecule has 2 aromatic heterocycles. The summed E-state index contributed by atoms with van der Waals surface area (Å²) in [5.41, 5.74) is 0.489. The molecule has 1 aromatic carbocycles. The van der Waals surface area contributed by atoms with E-state index < -0.39 is 11.4 Å². The van der Waals surface area contributed by atoms with E-state index in [1.165, 1.54) is 22.9 Å². The monoisotopic (exact) mass is 398 g/mol. The normalized spacial score (nSPS) is 14.7. The molecule has 1 saturated heterocycles. The number of hydrogen-bond donors (Lipinski definition) is 1. The largest absolute Gasteiger partial charge is 0.477 e. The summed E-state index contributed by atoms with van der Waals surface area (Å²) in [5.74, 6) is -1.67. The second kappa shape index (κ2) is 7.11. The Morgan fingerprint density at radius 3 is 2.59 bits per heavy atom. The molecule has 0 unspecified atom stereocenters. The van der Waals surface area contributed by atoms with Gasteiger partial charge in [-0.3, -0.25) is 9.69 Å². The molecule has 0 bridgehead atoms. The van der Waals surface area contributed by atoms with Gasteiger partial charge in [0.15, 0.2) is 0 Å². The highest BCUT2D eigenvalue weighted by Gasteiger charge is 2.32. The third-order valence-electron chi connectivity index (χ3n) is 5.77. The van der Waals surface area contributed by atoms with Gasteiger partial charge in [-0.2, -0.15) is 0 Å². The lowest BCUT2D eigenvalue weighted by Crippen LogP contribution is -2.59. The van der Waals surface area contributed by atoms with Crippen molar-refractivity contribution in [3.05, 3.63) is 46.0 Å². The number of aromatic nitrogens is 2. The maximum absolute atomic E-state index is 14.8. The van der Waals surface area contributed by atoms with Crippen LogP contribution in [0.4, 0.5) is 10.1 Å². The number of aryl methyl sites for hydroxylation is 1. The second-order valence-electron chi connectivity index (χ2n) is 7.42. The van der Waals surface area contributed by atoms with Crippen molar-refractivity contribution in [2.45, 2.75) is 19.9 Å². The van der Waals surface area contributed by atoms with Gasteiger partial charge in [0.1, 0.15) is 17.0 Å². The van der Waals surface area contributed by atoms with Crippen LogP contribution in [0.3, 0.4) is 0 Å². The lowest BCUT2D eigenvalue weighted by molar-refractivity contribution is 0.0695. The molecule has 0 radical (unpaired) electrons. The molecule has 7 nitrogen and oxygen atoms in total. The molecular weight excluding hydrogens is 375 g/mol. The number of halogens is 1. The van der Waals surface area contributed by atoms with E-state index in [-0.39, 0.29) is 16.8 Å². The molecule has 1 fully saturated rings. The number of carboxylic acid groups (broad SMARTS) is 1. The minimum absolute atomic E-state index is 0.164. The number of carboxylic acids is 1. The summed E-state index contributed by atoms with van der Waals surface area (Å²) in [5, 5.41) is 9.87. The minimum Gasteiger partial charge on any atom is -0.477 e. The maximum Gasteiger partial charge on any atom is 0.341 e. The van der Waals surface area contributed by atoms with Gasteiger partial charge < -0.3 is 14.6 Å². The molecule has 0 spiro atoms. The second-order valence-corrected chi connectivity index (χ2v) is 7.42. The highest BCUT2D eigenvalue weighted by Crippen LogP contribution is 2.30. The number of fused-ring (bicyclic) bond motifs is 2. The Hall–Kier alpha value is -3.00. The Morgan fingerprint density at radius 1 is 1.28 bits per heavy atom.